The van der Waals surface area contributed by atoms with Crippen LogP contribution in [0.25, 0.3) is 0 Å². The average molecular weight is 398 g/mol. The van der Waals surface area contributed by atoms with E-state index in [-0.39, 0.29) is 17.1 Å². The van der Waals surface area contributed by atoms with E-state index in [0.717, 1.165) is 0 Å². The topological polar surface area (TPSA) is 119 Å². The number of carbonyl (C=O) groups excluding carboxylic acids is 3. The quantitative estimate of drug-likeness (QED) is 0.622. The van der Waals surface area contributed by atoms with Gasteiger partial charge in [0.25, 0.3) is 11.8 Å². The summed E-state index contributed by atoms with van der Waals surface area (Å²) in [6.07, 6.45) is 0.369. The van der Waals surface area contributed by atoms with E-state index >= 15 is 0 Å². The summed E-state index contributed by atoms with van der Waals surface area (Å²) in [6.45, 7) is -0.928. The molecule has 10 heteroatoms. The number of carbonyl (C=O) groups is 3. The van der Waals surface area contributed by atoms with Crippen LogP contribution < -0.4 is 10.1 Å². The van der Waals surface area contributed by atoms with Crippen LogP contribution in [0.15, 0.2) is 24.3 Å². The Hall–Kier alpha value is -2.62. The Labute approximate surface area is 157 Å². The van der Waals surface area contributed by atoms with Gasteiger partial charge < -0.3 is 19.7 Å². The number of ether oxygens (including phenoxy) is 2. The Morgan fingerprint density at radius 1 is 1.26 bits per heavy atom. The number of nitrogens with one attached hydrogen (secondary N) is 1. The Kier molecular flexibility index (Phi) is 6.78. The first kappa shape index (κ1) is 20.7. The van der Waals surface area contributed by atoms with E-state index in [1.807, 2.05) is 0 Å². The van der Waals surface area contributed by atoms with Crippen molar-refractivity contribution in [2.24, 2.45) is 0 Å². The van der Waals surface area contributed by atoms with E-state index in [9.17, 15) is 22.8 Å². The minimum absolute atomic E-state index is 0.0457. The van der Waals surface area contributed by atoms with Gasteiger partial charge in [-0.2, -0.15) is 0 Å². The number of hydrogen-bond donors (Lipinski definition) is 1. The van der Waals surface area contributed by atoms with Gasteiger partial charge in [0.15, 0.2) is 16.4 Å². The second-order valence-corrected chi connectivity index (χ2v) is 8.33. The number of rotatable bonds is 7. The number of amides is 2. The molecule has 0 aliphatic carbocycles. The van der Waals surface area contributed by atoms with Gasteiger partial charge in [0, 0.05) is 13.1 Å². The third-order valence-corrected chi connectivity index (χ3v) is 6.00. The molecule has 1 N–H and O–H groups in total. The van der Waals surface area contributed by atoms with Crippen molar-refractivity contribution >= 4 is 27.6 Å². The smallest absolute Gasteiger partial charge is 0.325 e. The maximum atomic E-state index is 12.1. The van der Waals surface area contributed by atoms with Crippen molar-refractivity contribution in [3.05, 3.63) is 29.8 Å². The zero-order chi connectivity index (χ0) is 20.0. The second-order valence-electron chi connectivity index (χ2n) is 6.11. The van der Waals surface area contributed by atoms with Gasteiger partial charge in [0.2, 0.25) is 0 Å². The van der Waals surface area contributed by atoms with Crippen LogP contribution in [-0.4, -0.2) is 76.0 Å². The SMILES string of the molecule is COc1ccccc1C(=O)NCC(=O)OCC(=O)N(C)C1CCS(=O)(=O)C1. The summed E-state index contributed by atoms with van der Waals surface area (Å²) in [5.41, 5.74) is 0.269. The van der Waals surface area contributed by atoms with Crippen molar-refractivity contribution in [1.29, 1.82) is 0 Å². The summed E-state index contributed by atoms with van der Waals surface area (Å²) >= 11 is 0. The zero-order valence-electron chi connectivity index (χ0n) is 15.1. The summed E-state index contributed by atoms with van der Waals surface area (Å²) in [7, 11) is -0.209. The maximum Gasteiger partial charge on any atom is 0.325 e. The Morgan fingerprint density at radius 3 is 2.59 bits per heavy atom. The number of esters is 1. The molecule has 1 atom stereocenters. The summed E-state index contributed by atoms with van der Waals surface area (Å²) < 4.78 is 32.9. The van der Waals surface area contributed by atoms with Crippen molar-refractivity contribution in [3.8, 4) is 5.75 Å². The summed E-state index contributed by atoms with van der Waals surface area (Å²) in [6, 6.07) is 6.12. The number of para-hydroxylation sites is 1. The van der Waals surface area contributed by atoms with Gasteiger partial charge in [-0.25, -0.2) is 8.42 Å². The summed E-state index contributed by atoms with van der Waals surface area (Å²) in [5.74, 6) is -1.46. The lowest BCUT2D eigenvalue weighted by Crippen LogP contribution is -2.41. The van der Waals surface area contributed by atoms with Crippen LogP contribution in [0.1, 0.15) is 16.8 Å². The highest BCUT2D eigenvalue weighted by Gasteiger charge is 2.32. The molecule has 1 saturated heterocycles. The van der Waals surface area contributed by atoms with Gasteiger partial charge in [-0.15, -0.1) is 0 Å². The Balaban J connectivity index is 1.77. The lowest BCUT2D eigenvalue weighted by Gasteiger charge is -2.23. The van der Waals surface area contributed by atoms with Crippen LogP contribution in [0.2, 0.25) is 0 Å². The van der Waals surface area contributed by atoms with Gasteiger partial charge >= 0.3 is 5.97 Å². The highest BCUT2D eigenvalue weighted by Crippen LogP contribution is 2.17. The number of nitrogens with zero attached hydrogens (tertiary/aromatic N) is 1. The highest BCUT2D eigenvalue weighted by molar-refractivity contribution is 7.91. The predicted molar refractivity (Wildman–Crippen MR) is 96.1 cm³/mol. The number of likely N-dealkylation sites (N-methyl/N-ethyl adjacent to an activating group) is 1. The van der Waals surface area contributed by atoms with Crippen LogP contribution in [0.4, 0.5) is 0 Å². The largest absolute Gasteiger partial charge is 0.496 e. The lowest BCUT2D eigenvalue weighted by atomic mass is 10.2. The molecule has 0 aromatic heterocycles. The zero-order valence-corrected chi connectivity index (χ0v) is 16.0. The van der Waals surface area contributed by atoms with E-state index < -0.39 is 46.8 Å². The maximum absolute atomic E-state index is 12.1. The van der Waals surface area contributed by atoms with Gasteiger partial charge in [-0.1, -0.05) is 12.1 Å². The summed E-state index contributed by atoms with van der Waals surface area (Å²) in [4.78, 5) is 37.2. The normalized spacial score (nSPS) is 17.8. The molecule has 1 heterocycles. The van der Waals surface area contributed by atoms with Crippen molar-refractivity contribution in [2.45, 2.75) is 12.5 Å². The molecule has 1 aromatic carbocycles. The van der Waals surface area contributed by atoms with Crippen molar-refractivity contribution in [1.82, 2.24) is 10.2 Å². The first-order valence-electron chi connectivity index (χ1n) is 8.26. The van der Waals surface area contributed by atoms with Crippen molar-refractivity contribution < 1.29 is 32.3 Å². The molecule has 2 rings (SSSR count). The first-order valence-corrected chi connectivity index (χ1v) is 10.1. The molecule has 1 fully saturated rings. The fourth-order valence-electron chi connectivity index (χ4n) is 2.66. The summed E-state index contributed by atoms with van der Waals surface area (Å²) in [5, 5.41) is 2.39. The third kappa shape index (κ3) is 5.68. The second kappa shape index (κ2) is 8.85. The van der Waals surface area contributed by atoms with Gasteiger partial charge in [-0.05, 0) is 18.6 Å². The molecule has 1 aliphatic heterocycles. The molecule has 9 nitrogen and oxygen atoms in total. The molecule has 1 aromatic rings. The Morgan fingerprint density at radius 2 is 1.96 bits per heavy atom. The van der Waals surface area contributed by atoms with Crippen LogP contribution in [0.3, 0.4) is 0 Å². The number of benzene rings is 1. The van der Waals surface area contributed by atoms with E-state index in [4.69, 9.17) is 9.47 Å². The van der Waals surface area contributed by atoms with E-state index in [2.05, 4.69) is 5.32 Å². The minimum Gasteiger partial charge on any atom is -0.496 e. The predicted octanol–water partition coefficient (Wildman–Crippen LogP) is -0.386. The third-order valence-electron chi connectivity index (χ3n) is 4.25. The lowest BCUT2D eigenvalue weighted by molar-refractivity contribution is -0.151. The van der Waals surface area contributed by atoms with Crippen LogP contribution in [-0.2, 0) is 24.2 Å². The molecular formula is C17H22N2O7S. The fraction of sp³-hybridized carbons (Fsp3) is 0.471. The van der Waals surface area contributed by atoms with Crippen molar-refractivity contribution in [3.63, 3.8) is 0 Å². The molecule has 0 radical (unpaired) electrons. The van der Waals surface area contributed by atoms with Crippen LogP contribution in [0, 0.1) is 0 Å². The molecule has 148 valence electrons. The molecule has 0 saturated carbocycles. The standard InChI is InChI=1S/C17H22N2O7S/c1-19(12-7-8-27(23,24)11-12)15(20)10-26-16(21)9-18-17(22)13-5-3-4-6-14(13)25-2/h3-6,12H,7-11H2,1-2H3,(H,18,22). The number of sulfone groups is 1. The fourth-order valence-corrected chi connectivity index (χ4v) is 4.43. The van der Waals surface area contributed by atoms with E-state index in [1.165, 1.54) is 19.1 Å². The molecule has 0 bridgehead atoms. The average Bonchev–Trinajstić information content (AvgIpc) is 3.03. The van der Waals surface area contributed by atoms with Gasteiger partial charge in [0.1, 0.15) is 12.3 Å². The molecule has 1 unspecified atom stereocenters. The number of methoxy groups -OCH3 is 1. The minimum atomic E-state index is -3.11. The first-order chi connectivity index (χ1) is 12.7. The number of hydrogen-bond acceptors (Lipinski definition) is 7. The van der Waals surface area contributed by atoms with E-state index in [0.29, 0.717) is 12.2 Å². The highest BCUT2D eigenvalue weighted by atomic mass is 32.2. The molecule has 2 amide bonds. The van der Waals surface area contributed by atoms with Crippen molar-refractivity contribution in [2.75, 3.05) is 38.8 Å². The molecule has 27 heavy (non-hydrogen) atoms. The van der Waals surface area contributed by atoms with Gasteiger partial charge in [-0.3, -0.25) is 14.4 Å². The van der Waals surface area contributed by atoms with Crippen LogP contribution >= 0.6 is 0 Å². The molecular weight excluding hydrogens is 376 g/mol. The van der Waals surface area contributed by atoms with Crippen LogP contribution in [0.5, 0.6) is 5.75 Å². The monoisotopic (exact) mass is 398 g/mol. The van der Waals surface area contributed by atoms with Gasteiger partial charge in [0.05, 0.1) is 24.2 Å². The molecule has 1 aliphatic rings. The van der Waals surface area contributed by atoms with E-state index in [1.54, 1.807) is 24.3 Å². The Bertz CT molecular complexity index is 822. The molecule has 0 spiro atoms.